The Labute approximate surface area is 162 Å². The van der Waals surface area contributed by atoms with Crippen molar-refractivity contribution in [1.82, 2.24) is 0 Å². The number of hydrogen-bond acceptors (Lipinski definition) is 2. The predicted octanol–water partition coefficient (Wildman–Crippen LogP) is 4.64. The molecule has 1 aromatic heterocycles. The van der Waals surface area contributed by atoms with Crippen LogP contribution in [0.2, 0.25) is 0 Å². The van der Waals surface area contributed by atoms with E-state index in [1.54, 1.807) is 12.4 Å². The van der Waals surface area contributed by atoms with Crippen LogP contribution in [0.4, 0.5) is 0 Å². The maximum atomic E-state index is 11.8. The molecule has 144 valence electrons. The van der Waals surface area contributed by atoms with E-state index in [1.165, 1.54) is 30.4 Å². The van der Waals surface area contributed by atoms with E-state index in [4.69, 9.17) is 0 Å². The Balaban J connectivity index is 1.48. The molecule has 4 aliphatic carbocycles. The van der Waals surface area contributed by atoms with E-state index >= 15 is 0 Å². The van der Waals surface area contributed by atoms with Gasteiger partial charge in [0, 0.05) is 11.6 Å². The highest BCUT2D eigenvalue weighted by Gasteiger charge is 2.56. The molecule has 27 heavy (non-hydrogen) atoms. The van der Waals surface area contributed by atoms with Gasteiger partial charge in [-0.25, -0.2) is 0 Å². The zero-order valence-electron chi connectivity index (χ0n) is 16.5. The highest BCUT2D eigenvalue weighted by atomic mass is 16.5. The second-order valence-corrected chi connectivity index (χ2v) is 9.92. The molecule has 0 radical (unpaired) electrons. The van der Waals surface area contributed by atoms with Gasteiger partial charge in [-0.1, -0.05) is 31.6 Å². The van der Waals surface area contributed by atoms with Crippen molar-refractivity contribution in [3.8, 4) is 0 Å². The summed E-state index contributed by atoms with van der Waals surface area (Å²) in [6, 6.07) is 3.97. The number of allylic oxidation sites excluding steroid dienone is 3. The predicted molar refractivity (Wildman–Crippen MR) is 106 cm³/mol. The Morgan fingerprint density at radius 1 is 1.07 bits per heavy atom. The number of hydrogen-bond donors (Lipinski definition) is 1. The number of rotatable bonds is 1. The molecule has 0 bridgehead atoms. The summed E-state index contributed by atoms with van der Waals surface area (Å²) >= 11 is 0. The van der Waals surface area contributed by atoms with Gasteiger partial charge in [-0.05, 0) is 85.2 Å². The van der Waals surface area contributed by atoms with Crippen molar-refractivity contribution in [3.05, 3.63) is 53.0 Å². The van der Waals surface area contributed by atoms with Gasteiger partial charge >= 0.3 is 0 Å². The Morgan fingerprint density at radius 3 is 2.70 bits per heavy atom. The van der Waals surface area contributed by atoms with Crippen LogP contribution in [0.15, 0.2) is 42.3 Å². The third kappa shape index (κ3) is 2.47. The largest absolute Gasteiger partial charge is 0.619 e. The van der Waals surface area contributed by atoms with Crippen molar-refractivity contribution in [1.29, 1.82) is 0 Å². The molecule has 2 fully saturated rings. The maximum Gasteiger partial charge on any atom is 0.187 e. The summed E-state index contributed by atoms with van der Waals surface area (Å²) in [4.78, 5) is 0. The third-order valence-corrected chi connectivity index (χ3v) is 8.74. The molecule has 3 heteroatoms. The Morgan fingerprint density at radius 2 is 1.89 bits per heavy atom. The molecular formula is C24H31NO2. The Bertz CT molecular complexity index is 827. The zero-order valence-corrected chi connectivity index (χ0v) is 16.5. The molecular weight excluding hydrogens is 334 g/mol. The molecule has 0 saturated heterocycles. The van der Waals surface area contributed by atoms with Crippen LogP contribution in [0.3, 0.4) is 0 Å². The van der Waals surface area contributed by atoms with Gasteiger partial charge in [0.2, 0.25) is 0 Å². The van der Waals surface area contributed by atoms with Gasteiger partial charge in [0.05, 0.1) is 6.10 Å². The summed E-state index contributed by atoms with van der Waals surface area (Å²) in [5, 5.41) is 22.0. The summed E-state index contributed by atoms with van der Waals surface area (Å²) in [6.07, 6.45) is 15.9. The normalized spacial score (nSPS) is 43.2. The van der Waals surface area contributed by atoms with Gasteiger partial charge < -0.3 is 10.3 Å². The summed E-state index contributed by atoms with van der Waals surface area (Å²) in [6.45, 7) is 4.92. The lowest BCUT2D eigenvalue weighted by Crippen LogP contribution is -2.49. The molecule has 0 amide bonds. The van der Waals surface area contributed by atoms with E-state index in [1.807, 2.05) is 6.07 Å². The summed E-state index contributed by atoms with van der Waals surface area (Å²) in [5.74, 6) is 2.15. The third-order valence-electron chi connectivity index (χ3n) is 8.74. The fraction of sp³-hybridized carbons (Fsp3) is 0.625. The Hall–Kier alpha value is -1.61. The number of aromatic nitrogens is 1. The number of aliphatic hydroxyl groups is 1. The highest BCUT2D eigenvalue weighted by Crippen LogP contribution is 2.66. The van der Waals surface area contributed by atoms with Gasteiger partial charge in [0.15, 0.2) is 12.4 Å². The van der Waals surface area contributed by atoms with Crippen LogP contribution in [0.25, 0.3) is 5.57 Å². The van der Waals surface area contributed by atoms with Crippen molar-refractivity contribution in [2.45, 2.75) is 64.9 Å². The quantitative estimate of drug-likeness (QED) is 0.448. The first-order valence-electron chi connectivity index (χ1n) is 10.7. The van der Waals surface area contributed by atoms with Crippen LogP contribution >= 0.6 is 0 Å². The minimum Gasteiger partial charge on any atom is -0.619 e. The summed E-state index contributed by atoms with van der Waals surface area (Å²) in [7, 11) is 0. The molecule has 1 N–H and O–H groups in total. The van der Waals surface area contributed by atoms with Crippen LogP contribution < -0.4 is 4.73 Å². The lowest BCUT2D eigenvalue weighted by atomic mass is 9.47. The fourth-order valence-electron chi connectivity index (χ4n) is 7.27. The van der Waals surface area contributed by atoms with Crippen molar-refractivity contribution >= 4 is 5.57 Å². The van der Waals surface area contributed by atoms with E-state index in [9.17, 15) is 10.3 Å². The number of aliphatic hydroxyl groups excluding tert-OH is 1. The maximum absolute atomic E-state index is 11.8. The topological polar surface area (TPSA) is 47.2 Å². The van der Waals surface area contributed by atoms with Crippen molar-refractivity contribution in [2.24, 2.45) is 28.6 Å². The fourth-order valence-corrected chi connectivity index (χ4v) is 7.27. The minimum atomic E-state index is -0.133. The molecule has 1 aromatic rings. The van der Waals surface area contributed by atoms with Crippen LogP contribution in [-0.4, -0.2) is 11.2 Å². The summed E-state index contributed by atoms with van der Waals surface area (Å²) < 4.78 is 0.933. The lowest BCUT2D eigenvalue weighted by Gasteiger charge is -2.57. The van der Waals surface area contributed by atoms with Gasteiger partial charge in [-0.15, -0.1) is 0 Å². The van der Waals surface area contributed by atoms with E-state index in [0.29, 0.717) is 5.92 Å². The second-order valence-electron chi connectivity index (χ2n) is 9.92. The van der Waals surface area contributed by atoms with E-state index < -0.39 is 0 Å². The molecule has 0 aliphatic heterocycles. The monoisotopic (exact) mass is 365 g/mol. The van der Waals surface area contributed by atoms with E-state index in [2.05, 4.69) is 32.1 Å². The first-order valence-corrected chi connectivity index (χ1v) is 10.7. The zero-order chi connectivity index (χ0) is 18.8. The first kappa shape index (κ1) is 17.5. The number of nitrogens with zero attached hydrogens (tertiary/aromatic N) is 1. The molecule has 0 spiro atoms. The molecule has 4 aliphatic rings. The highest BCUT2D eigenvalue weighted by molar-refractivity contribution is 5.72. The standard InChI is InChI=1S/C24H31NO2/c1-23-11-9-18(26)14-17(23)5-6-19-21-8-7-20(16-4-3-13-25(27)15-16)24(21,2)12-10-22(19)23/h3-5,7,13,15,18-19,21-22,26H,6,8-12,14H2,1-2H3. The second kappa shape index (κ2) is 5.94. The Kier molecular flexibility index (Phi) is 3.85. The lowest BCUT2D eigenvalue weighted by molar-refractivity contribution is -0.605. The molecule has 1 heterocycles. The van der Waals surface area contributed by atoms with Crippen molar-refractivity contribution in [3.63, 3.8) is 0 Å². The smallest absolute Gasteiger partial charge is 0.187 e. The van der Waals surface area contributed by atoms with Gasteiger partial charge in [-0.2, -0.15) is 4.73 Å². The molecule has 5 rings (SSSR count). The minimum absolute atomic E-state index is 0.133. The average molecular weight is 366 g/mol. The number of pyridine rings is 1. The summed E-state index contributed by atoms with van der Waals surface area (Å²) in [5.41, 5.74) is 4.51. The number of fused-ring (bicyclic) bond motifs is 5. The van der Waals surface area contributed by atoms with Gasteiger partial charge in [-0.3, -0.25) is 0 Å². The van der Waals surface area contributed by atoms with Crippen LogP contribution in [0.1, 0.15) is 64.4 Å². The van der Waals surface area contributed by atoms with E-state index in [0.717, 1.165) is 47.8 Å². The van der Waals surface area contributed by atoms with Crippen LogP contribution in [0, 0.1) is 33.8 Å². The van der Waals surface area contributed by atoms with Crippen molar-refractivity contribution in [2.75, 3.05) is 0 Å². The van der Waals surface area contributed by atoms with Crippen LogP contribution in [0.5, 0.6) is 0 Å². The van der Waals surface area contributed by atoms with Crippen molar-refractivity contribution < 1.29 is 9.84 Å². The van der Waals surface area contributed by atoms with Gasteiger partial charge in [0.1, 0.15) is 0 Å². The molecule has 0 aromatic carbocycles. The first-order chi connectivity index (χ1) is 12.9. The molecule has 6 unspecified atom stereocenters. The SMILES string of the molecule is CC12CCC(O)CC1=CCC1C2CCC2(C)C(c3ccc[n+]([O-])c3)=CCC12. The molecule has 2 saturated carbocycles. The van der Waals surface area contributed by atoms with E-state index in [-0.39, 0.29) is 16.9 Å². The average Bonchev–Trinajstić information content (AvgIpc) is 2.99. The molecule has 3 nitrogen and oxygen atoms in total. The van der Waals surface area contributed by atoms with Crippen LogP contribution in [-0.2, 0) is 0 Å². The molecule has 6 atom stereocenters. The van der Waals surface area contributed by atoms with Gasteiger partial charge in [0.25, 0.3) is 0 Å².